The van der Waals surface area contributed by atoms with E-state index in [0.29, 0.717) is 18.8 Å². The molecule has 0 radical (unpaired) electrons. The lowest BCUT2D eigenvalue weighted by molar-refractivity contribution is -0.167. The maximum absolute atomic E-state index is 10.9. The minimum Gasteiger partial charge on any atom is -0.479 e. The highest BCUT2D eigenvalue weighted by Gasteiger charge is 2.41. The summed E-state index contributed by atoms with van der Waals surface area (Å²) >= 11 is 0. The van der Waals surface area contributed by atoms with E-state index >= 15 is 0 Å². The number of carboxylic acids is 1. The summed E-state index contributed by atoms with van der Waals surface area (Å²) in [7, 11) is 1.49. The third kappa shape index (κ3) is 1.61. The van der Waals surface area contributed by atoms with Crippen LogP contribution < -0.4 is 0 Å². The summed E-state index contributed by atoms with van der Waals surface area (Å²) in [6.45, 7) is 2.15. The summed E-state index contributed by atoms with van der Waals surface area (Å²) in [5.41, 5.74) is -0.882. The highest BCUT2D eigenvalue weighted by atomic mass is 16.5. The van der Waals surface area contributed by atoms with Gasteiger partial charge in [-0.1, -0.05) is 6.92 Å². The first-order chi connectivity index (χ1) is 5.60. The molecule has 1 aliphatic carbocycles. The molecule has 1 fully saturated rings. The molecule has 1 rings (SSSR count). The Balaban J connectivity index is 2.63. The Labute approximate surface area is 72.7 Å². The van der Waals surface area contributed by atoms with Crippen LogP contribution in [0.4, 0.5) is 0 Å². The van der Waals surface area contributed by atoms with Crippen molar-refractivity contribution in [3.63, 3.8) is 0 Å². The highest BCUT2D eigenvalue weighted by molar-refractivity contribution is 5.77. The van der Waals surface area contributed by atoms with Crippen LogP contribution in [-0.2, 0) is 9.53 Å². The quantitative estimate of drug-likeness (QED) is 0.689. The molecular weight excluding hydrogens is 156 g/mol. The predicted octanol–water partition coefficient (Wildman–Crippen LogP) is 1.67. The summed E-state index contributed by atoms with van der Waals surface area (Å²) in [5.74, 6) is -0.162. The average Bonchev–Trinajstić information content (AvgIpc) is 2.06. The smallest absolute Gasteiger partial charge is 0.335 e. The number of carboxylic acid groups (broad SMARTS) is 1. The first-order valence-corrected chi connectivity index (χ1v) is 4.39. The Kier molecular flexibility index (Phi) is 2.73. The fourth-order valence-electron chi connectivity index (χ4n) is 1.73. The number of ether oxygens (including phenoxy) is 1. The van der Waals surface area contributed by atoms with Gasteiger partial charge in [0.05, 0.1) is 0 Å². The van der Waals surface area contributed by atoms with E-state index in [9.17, 15) is 4.79 Å². The molecule has 0 saturated heterocycles. The van der Waals surface area contributed by atoms with Crippen LogP contribution in [0.15, 0.2) is 0 Å². The van der Waals surface area contributed by atoms with Crippen LogP contribution in [0.25, 0.3) is 0 Å². The van der Waals surface area contributed by atoms with Gasteiger partial charge in [-0.15, -0.1) is 0 Å². The maximum atomic E-state index is 10.9. The Bertz CT molecular complexity index is 169. The number of methoxy groups -OCH3 is 1. The first-order valence-electron chi connectivity index (χ1n) is 4.39. The fraction of sp³-hybridized carbons (Fsp3) is 0.889. The first kappa shape index (κ1) is 9.52. The van der Waals surface area contributed by atoms with Gasteiger partial charge in [0.15, 0.2) is 5.60 Å². The second-order valence-electron chi connectivity index (χ2n) is 3.69. The van der Waals surface area contributed by atoms with Crippen LogP contribution >= 0.6 is 0 Å². The number of hydrogen-bond donors (Lipinski definition) is 1. The van der Waals surface area contributed by atoms with Gasteiger partial charge in [-0.3, -0.25) is 0 Å². The van der Waals surface area contributed by atoms with Crippen molar-refractivity contribution < 1.29 is 14.6 Å². The van der Waals surface area contributed by atoms with E-state index < -0.39 is 11.6 Å². The molecule has 0 heterocycles. The minimum atomic E-state index is -0.882. The molecule has 0 unspecified atom stereocenters. The van der Waals surface area contributed by atoms with Gasteiger partial charge in [-0.2, -0.15) is 0 Å². The molecule has 0 atom stereocenters. The third-order valence-corrected chi connectivity index (χ3v) is 2.86. The van der Waals surface area contributed by atoms with E-state index in [4.69, 9.17) is 9.84 Å². The van der Waals surface area contributed by atoms with Crippen LogP contribution in [-0.4, -0.2) is 23.8 Å². The maximum Gasteiger partial charge on any atom is 0.335 e. The molecule has 3 heteroatoms. The molecule has 0 aromatic heterocycles. The van der Waals surface area contributed by atoms with Crippen molar-refractivity contribution in [2.75, 3.05) is 7.11 Å². The van der Waals surface area contributed by atoms with Crippen molar-refractivity contribution >= 4 is 5.97 Å². The van der Waals surface area contributed by atoms with Crippen LogP contribution in [0.5, 0.6) is 0 Å². The van der Waals surface area contributed by atoms with Gasteiger partial charge in [-0.25, -0.2) is 4.79 Å². The van der Waals surface area contributed by atoms with Crippen LogP contribution in [0.3, 0.4) is 0 Å². The lowest BCUT2D eigenvalue weighted by Gasteiger charge is -2.34. The van der Waals surface area contributed by atoms with E-state index in [1.165, 1.54) is 7.11 Å². The van der Waals surface area contributed by atoms with Gasteiger partial charge >= 0.3 is 5.97 Å². The summed E-state index contributed by atoms with van der Waals surface area (Å²) in [4.78, 5) is 10.9. The molecule has 70 valence electrons. The van der Waals surface area contributed by atoms with Crippen molar-refractivity contribution in [2.45, 2.75) is 38.2 Å². The summed E-state index contributed by atoms with van der Waals surface area (Å²) in [6, 6.07) is 0. The molecule has 0 aromatic rings. The number of aliphatic carboxylic acids is 1. The third-order valence-electron chi connectivity index (χ3n) is 2.86. The molecule has 1 N–H and O–H groups in total. The van der Waals surface area contributed by atoms with Crippen molar-refractivity contribution in [1.29, 1.82) is 0 Å². The summed E-state index contributed by atoms with van der Waals surface area (Å²) < 4.78 is 5.09. The highest BCUT2D eigenvalue weighted by Crippen LogP contribution is 2.34. The number of hydrogen-bond acceptors (Lipinski definition) is 2. The second kappa shape index (κ2) is 3.44. The Hall–Kier alpha value is -0.570. The van der Waals surface area contributed by atoms with Crippen LogP contribution in [0.2, 0.25) is 0 Å². The normalized spacial score (nSPS) is 36.3. The molecule has 1 aliphatic rings. The summed E-state index contributed by atoms with van der Waals surface area (Å²) in [5, 5.41) is 8.95. The van der Waals surface area contributed by atoms with Gasteiger partial charge < -0.3 is 9.84 Å². The average molecular weight is 172 g/mol. The Morgan fingerprint density at radius 2 is 2.00 bits per heavy atom. The molecule has 12 heavy (non-hydrogen) atoms. The van der Waals surface area contributed by atoms with E-state index in [1.54, 1.807) is 0 Å². The molecule has 3 nitrogen and oxygen atoms in total. The second-order valence-corrected chi connectivity index (χ2v) is 3.69. The van der Waals surface area contributed by atoms with E-state index in [2.05, 4.69) is 6.92 Å². The Morgan fingerprint density at radius 1 is 1.50 bits per heavy atom. The van der Waals surface area contributed by atoms with E-state index in [-0.39, 0.29) is 0 Å². The van der Waals surface area contributed by atoms with Gasteiger partial charge in [0.25, 0.3) is 0 Å². The zero-order valence-corrected chi connectivity index (χ0v) is 7.67. The van der Waals surface area contributed by atoms with E-state index in [0.717, 1.165) is 12.8 Å². The van der Waals surface area contributed by atoms with Crippen LogP contribution in [0, 0.1) is 5.92 Å². The molecule has 0 bridgehead atoms. The van der Waals surface area contributed by atoms with Gasteiger partial charge in [0, 0.05) is 7.11 Å². The molecule has 0 aliphatic heterocycles. The standard InChI is InChI=1S/C9H16O3/c1-7-3-5-9(12-2,6-4-7)8(10)11/h7H,3-6H2,1-2H3,(H,10,11). The molecule has 0 spiro atoms. The van der Waals surface area contributed by atoms with Crippen molar-refractivity contribution in [3.05, 3.63) is 0 Å². The lowest BCUT2D eigenvalue weighted by atomic mass is 9.79. The van der Waals surface area contributed by atoms with Crippen molar-refractivity contribution in [3.8, 4) is 0 Å². The van der Waals surface area contributed by atoms with Crippen LogP contribution in [0.1, 0.15) is 32.6 Å². The van der Waals surface area contributed by atoms with Gasteiger partial charge in [0.1, 0.15) is 0 Å². The van der Waals surface area contributed by atoms with Gasteiger partial charge in [0.2, 0.25) is 0 Å². The zero-order valence-electron chi connectivity index (χ0n) is 7.67. The summed E-state index contributed by atoms with van der Waals surface area (Å²) in [6.07, 6.45) is 3.22. The fourth-order valence-corrected chi connectivity index (χ4v) is 1.73. The SMILES string of the molecule is COC1(C(=O)O)CCC(C)CC1. The Morgan fingerprint density at radius 3 is 2.33 bits per heavy atom. The monoisotopic (exact) mass is 172 g/mol. The molecular formula is C9H16O3. The zero-order chi connectivity index (χ0) is 9.19. The van der Waals surface area contributed by atoms with Crippen molar-refractivity contribution in [1.82, 2.24) is 0 Å². The number of carbonyl (C=O) groups is 1. The molecule has 0 amide bonds. The largest absolute Gasteiger partial charge is 0.479 e. The number of rotatable bonds is 2. The molecule has 0 aromatic carbocycles. The predicted molar refractivity (Wildman–Crippen MR) is 45.0 cm³/mol. The lowest BCUT2D eigenvalue weighted by Crippen LogP contribution is -2.43. The topological polar surface area (TPSA) is 46.5 Å². The van der Waals surface area contributed by atoms with Crippen molar-refractivity contribution in [2.24, 2.45) is 5.92 Å². The minimum absolute atomic E-state index is 0.646. The van der Waals surface area contributed by atoms with E-state index in [1.807, 2.05) is 0 Å². The molecule has 1 saturated carbocycles. The van der Waals surface area contributed by atoms with Gasteiger partial charge in [-0.05, 0) is 31.6 Å².